The first-order chi connectivity index (χ1) is 12.7. The van der Waals surface area contributed by atoms with Crippen LogP contribution in [0.1, 0.15) is 29.3 Å². The van der Waals surface area contributed by atoms with Gasteiger partial charge in [-0.1, -0.05) is 0 Å². The van der Waals surface area contributed by atoms with Crippen LogP contribution in [-0.2, 0) is 11.2 Å². The zero-order valence-corrected chi connectivity index (χ0v) is 16.0. The third-order valence-corrected chi connectivity index (χ3v) is 6.21. The molecule has 0 bridgehead atoms. The van der Waals surface area contributed by atoms with Gasteiger partial charge in [-0.15, -0.1) is 11.3 Å². The second-order valence-electron chi connectivity index (χ2n) is 6.92. The first-order valence-electron chi connectivity index (χ1n) is 9.02. The Morgan fingerprint density at radius 2 is 2.12 bits per heavy atom. The van der Waals surface area contributed by atoms with E-state index >= 15 is 0 Å². The summed E-state index contributed by atoms with van der Waals surface area (Å²) < 4.78 is 10.6. The highest BCUT2D eigenvalue weighted by Gasteiger charge is 2.40. The van der Waals surface area contributed by atoms with Gasteiger partial charge in [-0.05, 0) is 54.3 Å². The molecular formula is C20H24N2O3S. The summed E-state index contributed by atoms with van der Waals surface area (Å²) in [7, 11) is 3.21. The van der Waals surface area contributed by atoms with Crippen molar-refractivity contribution < 1.29 is 14.3 Å². The lowest BCUT2D eigenvalue weighted by Gasteiger charge is -2.35. The number of nitrogens with zero attached hydrogens (tertiary/aromatic N) is 1. The monoisotopic (exact) mass is 372 g/mol. The number of carbonyl (C=O) groups excluding carboxylic acids is 1. The molecule has 0 radical (unpaired) electrons. The fourth-order valence-electron chi connectivity index (χ4n) is 3.83. The van der Waals surface area contributed by atoms with Gasteiger partial charge in [-0.25, -0.2) is 0 Å². The molecule has 6 heteroatoms. The minimum absolute atomic E-state index is 0.0131. The molecule has 1 saturated carbocycles. The Balaban J connectivity index is 1.48. The number of rotatable bonds is 6. The Labute approximate surface area is 157 Å². The van der Waals surface area contributed by atoms with Crippen LogP contribution in [0, 0.1) is 5.92 Å². The number of hydrogen-bond acceptors (Lipinski definition) is 5. The van der Waals surface area contributed by atoms with Crippen molar-refractivity contribution >= 4 is 22.9 Å². The molecule has 138 valence electrons. The van der Waals surface area contributed by atoms with E-state index in [2.05, 4.69) is 21.7 Å². The maximum absolute atomic E-state index is 12.7. The quantitative estimate of drug-likeness (QED) is 0.840. The number of benzene rings is 1. The molecule has 1 aliphatic heterocycles. The molecule has 2 heterocycles. The predicted molar refractivity (Wildman–Crippen MR) is 103 cm³/mol. The molecule has 26 heavy (non-hydrogen) atoms. The van der Waals surface area contributed by atoms with Gasteiger partial charge in [0.15, 0.2) is 0 Å². The van der Waals surface area contributed by atoms with Crippen LogP contribution in [0.3, 0.4) is 0 Å². The summed E-state index contributed by atoms with van der Waals surface area (Å²) in [5, 5.41) is 5.18. The summed E-state index contributed by atoms with van der Waals surface area (Å²) >= 11 is 1.85. The Morgan fingerprint density at radius 3 is 2.85 bits per heavy atom. The van der Waals surface area contributed by atoms with Crippen molar-refractivity contribution in [3.05, 3.63) is 40.1 Å². The number of nitrogens with one attached hydrogen (secondary N) is 1. The van der Waals surface area contributed by atoms with Gasteiger partial charge in [-0.2, -0.15) is 0 Å². The van der Waals surface area contributed by atoms with Crippen LogP contribution in [0.4, 0.5) is 5.69 Å². The van der Waals surface area contributed by atoms with Crippen LogP contribution >= 0.6 is 11.3 Å². The maximum Gasteiger partial charge on any atom is 0.238 e. The van der Waals surface area contributed by atoms with Crippen LogP contribution in [-0.4, -0.2) is 38.1 Å². The zero-order chi connectivity index (χ0) is 18.1. The molecule has 2 aliphatic rings. The standard InChI is InChI=1S/C20H24N2O3S/c1-24-14-5-6-17(25-2)16(11-14)21-19(23)12-22-9-7-18-15(8-10-26-18)20(22)13-3-4-13/h5-6,8,10-11,13,20H,3-4,7,9,12H2,1-2H3,(H,21,23)/t20-/m0/s1. The molecule has 0 spiro atoms. The molecular weight excluding hydrogens is 348 g/mol. The molecule has 1 aliphatic carbocycles. The molecule has 1 N–H and O–H groups in total. The lowest BCUT2D eigenvalue weighted by molar-refractivity contribution is -0.118. The molecule has 1 fully saturated rings. The predicted octanol–water partition coefficient (Wildman–Crippen LogP) is 3.71. The summed E-state index contributed by atoms with van der Waals surface area (Å²) in [5.74, 6) is 2.01. The smallest absolute Gasteiger partial charge is 0.238 e. The lowest BCUT2D eigenvalue weighted by Crippen LogP contribution is -2.41. The van der Waals surface area contributed by atoms with Gasteiger partial charge in [-0.3, -0.25) is 9.69 Å². The first-order valence-corrected chi connectivity index (χ1v) is 9.89. The van der Waals surface area contributed by atoms with Crippen molar-refractivity contribution in [1.82, 2.24) is 4.90 Å². The molecule has 1 amide bonds. The van der Waals surface area contributed by atoms with Gasteiger partial charge >= 0.3 is 0 Å². The van der Waals surface area contributed by atoms with Crippen molar-refractivity contribution in [2.75, 3.05) is 32.6 Å². The van der Waals surface area contributed by atoms with Crippen LogP contribution < -0.4 is 14.8 Å². The summed E-state index contributed by atoms with van der Waals surface area (Å²) in [6, 6.07) is 8.06. The fourth-order valence-corrected chi connectivity index (χ4v) is 4.74. The second-order valence-corrected chi connectivity index (χ2v) is 7.92. The van der Waals surface area contributed by atoms with Gasteiger partial charge in [0.05, 0.1) is 26.5 Å². The van der Waals surface area contributed by atoms with Crippen molar-refractivity contribution in [2.45, 2.75) is 25.3 Å². The minimum Gasteiger partial charge on any atom is -0.497 e. The first kappa shape index (κ1) is 17.4. The molecule has 4 rings (SSSR count). The van der Waals surface area contributed by atoms with E-state index in [1.807, 2.05) is 17.4 Å². The number of methoxy groups -OCH3 is 2. The van der Waals surface area contributed by atoms with E-state index in [4.69, 9.17) is 9.47 Å². The van der Waals surface area contributed by atoms with Crippen LogP contribution in [0.25, 0.3) is 0 Å². The molecule has 2 aromatic rings. The number of anilines is 1. The third-order valence-electron chi connectivity index (χ3n) is 5.21. The molecule has 1 atom stereocenters. The van der Waals surface area contributed by atoms with Crippen molar-refractivity contribution in [3.8, 4) is 11.5 Å². The van der Waals surface area contributed by atoms with Crippen molar-refractivity contribution in [2.24, 2.45) is 5.92 Å². The summed E-state index contributed by atoms with van der Waals surface area (Å²) in [6.07, 6.45) is 3.57. The number of fused-ring (bicyclic) bond motifs is 1. The van der Waals surface area contributed by atoms with Gasteiger partial charge < -0.3 is 14.8 Å². The van der Waals surface area contributed by atoms with E-state index in [1.54, 1.807) is 26.4 Å². The summed E-state index contributed by atoms with van der Waals surface area (Å²) in [5.41, 5.74) is 2.09. The highest BCUT2D eigenvalue weighted by Crippen LogP contribution is 2.48. The Hall–Kier alpha value is -2.05. The Kier molecular flexibility index (Phi) is 4.87. The Bertz CT molecular complexity index is 800. The lowest BCUT2D eigenvalue weighted by atomic mass is 9.96. The highest BCUT2D eigenvalue weighted by molar-refractivity contribution is 7.10. The highest BCUT2D eigenvalue weighted by atomic mass is 32.1. The molecule has 0 saturated heterocycles. The summed E-state index contributed by atoms with van der Waals surface area (Å²) in [4.78, 5) is 16.6. The van der Waals surface area contributed by atoms with E-state index < -0.39 is 0 Å². The number of amides is 1. The number of ether oxygens (including phenoxy) is 2. The van der Waals surface area contributed by atoms with E-state index in [-0.39, 0.29) is 5.91 Å². The molecule has 5 nitrogen and oxygen atoms in total. The number of thiophene rings is 1. The second kappa shape index (κ2) is 7.29. The average Bonchev–Trinajstić information content (AvgIpc) is 3.37. The molecule has 1 aromatic carbocycles. The van der Waals surface area contributed by atoms with Gasteiger partial charge in [0, 0.05) is 23.5 Å². The van der Waals surface area contributed by atoms with Crippen molar-refractivity contribution in [3.63, 3.8) is 0 Å². The normalized spacial score (nSPS) is 19.7. The topological polar surface area (TPSA) is 50.8 Å². The SMILES string of the molecule is COc1ccc(OC)c(NC(=O)CN2CCc3sccc3[C@@H]2C2CC2)c1. The van der Waals surface area contributed by atoms with Crippen molar-refractivity contribution in [1.29, 1.82) is 0 Å². The Morgan fingerprint density at radius 1 is 1.27 bits per heavy atom. The van der Waals surface area contributed by atoms with Gasteiger partial charge in [0.2, 0.25) is 5.91 Å². The molecule has 1 aromatic heterocycles. The van der Waals surface area contributed by atoms with E-state index in [1.165, 1.54) is 23.3 Å². The van der Waals surface area contributed by atoms with Crippen LogP contribution in [0.15, 0.2) is 29.6 Å². The van der Waals surface area contributed by atoms with E-state index in [0.717, 1.165) is 13.0 Å². The molecule has 0 unspecified atom stereocenters. The van der Waals surface area contributed by atoms with Gasteiger partial charge in [0.25, 0.3) is 0 Å². The minimum atomic E-state index is -0.0131. The van der Waals surface area contributed by atoms with E-state index in [0.29, 0.717) is 35.7 Å². The summed E-state index contributed by atoms with van der Waals surface area (Å²) in [6.45, 7) is 1.34. The number of carbonyl (C=O) groups is 1. The zero-order valence-electron chi connectivity index (χ0n) is 15.2. The largest absolute Gasteiger partial charge is 0.497 e. The fraction of sp³-hybridized carbons (Fsp3) is 0.450. The average molecular weight is 372 g/mol. The number of hydrogen-bond donors (Lipinski definition) is 1. The van der Waals surface area contributed by atoms with Crippen LogP contribution in [0.2, 0.25) is 0 Å². The van der Waals surface area contributed by atoms with Gasteiger partial charge in [0.1, 0.15) is 11.5 Å². The third kappa shape index (κ3) is 3.44. The maximum atomic E-state index is 12.7. The van der Waals surface area contributed by atoms with E-state index in [9.17, 15) is 4.79 Å². The van der Waals surface area contributed by atoms with Crippen LogP contribution in [0.5, 0.6) is 11.5 Å².